The molecule has 0 aliphatic carbocycles. The zero-order valence-corrected chi connectivity index (χ0v) is 20.4. The first-order valence-electron chi connectivity index (χ1n) is 11.0. The van der Waals surface area contributed by atoms with Crippen LogP contribution in [0.1, 0.15) is 5.69 Å². The molecule has 1 fully saturated rings. The number of ether oxygens (including phenoxy) is 2. The van der Waals surface area contributed by atoms with Gasteiger partial charge in [0.15, 0.2) is 5.75 Å². The van der Waals surface area contributed by atoms with Gasteiger partial charge in [-0.3, -0.25) is 4.90 Å². The number of aromatic nitrogens is 1. The van der Waals surface area contributed by atoms with Crippen LogP contribution in [0.4, 0.5) is 5.69 Å². The van der Waals surface area contributed by atoms with E-state index in [9.17, 15) is 8.42 Å². The van der Waals surface area contributed by atoms with Crippen molar-refractivity contribution in [1.29, 1.82) is 0 Å². The van der Waals surface area contributed by atoms with Crippen molar-refractivity contribution < 1.29 is 22.1 Å². The molecule has 2 heterocycles. The lowest BCUT2D eigenvalue weighted by Crippen LogP contribution is -2.46. The van der Waals surface area contributed by atoms with Crippen LogP contribution < -0.4 is 18.6 Å². The third-order valence-corrected chi connectivity index (χ3v) is 6.19. The van der Waals surface area contributed by atoms with Gasteiger partial charge in [-0.25, -0.2) is 4.98 Å². The van der Waals surface area contributed by atoms with Gasteiger partial charge in [-0.15, -0.1) is 0 Å². The summed E-state index contributed by atoms with van der Waals surface area (Å²) in [6.45, 7) is 4.11. The van der Waals surface area contributed by atoms with Gasteiger partial charge in [0.05, 0.1) is 31.9 Å². The molecule has 2 aromatic carbocycles. The third kappa shape index (κ3) is 5.60. The van der Waals surface area contributed by atoms with Crippen LogP contribution in [0.5, 0.6) is 17.2 Å². The SMILES string of the molecule is COc1ccccc1-c1nc(CN2CCN(c3ccccc3OC)CC2)ccc1OS(C)(=O)=O. The van der Waals surface area contributed by atoms with Gasteiger partial charge in [0.1, 0.15) is 17.2 Å². The average Bonchev–Trinajstić information content (AvgIpc) is 2.84. The summed E-state index contributed by atoms with van der Waals surface area (Å²) in [6, 6.07) is 18.9. The van der Waals surface area contributed by atoms with Crippen molar-refractivity contribution in [2.45, 2.75) is 6.54 Å². The van der Waals surface area contributed by atoms with Crippen molar-refractivity contribution in [3.05, 3.63) is 66.4 Å². The Balaban J connectivity index is 1.54. The molecule has 4 rings (SSSR count). The Bertz CT molecular complexity index is 1240. The number of para-hydroxylation sites is 3. The standard InChI is InChI=1S/C25H29N3O5S/c1-31-22-10-6-4-8-20(22)25-24(33-34(3,29)30)13-12-19(26-25)18-27-14-16-28(17-15-27)21-9-5-7-11-23(21)32-2/h4-13H,14-18H2,1-3H3. The van der Waals surface area contributed by atoms with E-state index in [0.717, 1.165) is 49.6 Å². The number of methoxy groups -OCH3 is 2. The van der Waals surface area contributed by atoms with E-state index in [0.29, 0.717) is 23.6 Å². The monoisotopic (exact) mass is 483 g/mol. The first kappa shape index (κ1) is 23.8. The maximum absolute atomic E-state index is 11.8. The molecule has 34 heavy (non-hydrogen) atoms. The minimum Gasteiger partial charge on any atom is -0.496 e. The van der Waals surface area contributed by atoms with E-state index in [1.807, 2.05) is 48.5 Å². The Hall–Kier alpha value is -3.30. The first-order chi connectivity index (χ1) is 16.4. The molecule has 0 N–H and O–H groups in total. The second kappa shape index (κ2) is 10.3. The molecule has 0 amide bonds. The zero-order chi connectivity index (χ0) is 24.1. The minimum atomic E-state index is -3.71. The lowest BCUT2D eigenvalue weighted by Gasteiger charge is -2.36. The molecule has 0 saturated carbocycles. The van der Waals surface area contributed by atoms with E-state index in [1.165, 1.54) is 0 Å². The highest BCUT2D eigenvalue weighted by Gasteiger charge is 2.22. The second-order valence-corrected chi connectivity index (χ2v) is 9.65. The van der Waals surface area contributed by atoms with Crippen molar-refractivity contribution in [3.63, 3.8) is 0 Å². The number of rotatable bonds is 8. The fraction of sp³-hybridized carbons (Fsp3) is 0.320. The highest BCUT2D eigenvalue weighted by atomic mass is 32.2. The zero-order valence-electron chi connectivity index (χ0n) is 19.6. The molecule has 1 aromatic heterocycles. The molecule has 1 aliphatic heterocycles. The summed E-state index contributed by atoms with van der Waals surface area (Å²) in [4.78, 5) is 9.45. The maximum Gasteiger partial charge on any atom is 0.306 e. The number of piperazine rings is 1. The van der Waals surface area contributed by atoms with Crippen LogP contribution in [0.2, 0.25) is 0 Å². The molecule has 0 unspecified atom stereocenters. The summed E-state index contributed by atoms with van der Waals surface area (Å²) in [5, 5.41) is 0. The van der Waals surface area contributed by atoms with Crippen molar-refractivity contribution in [2.24, 2.45) is 0 Å². The summed E-state index contributed by atoms with van der Waals surface area (Å²) in [5.74, 6) is 1.65. The van der Waals surface area contributed by atoms with Gasteiger partial charge in [-0.05, 0) is 36.4 Å². The smallest absolute Gasteiger partial charge is 0.306 e. The molecular weight excluding hydrogens is 454 g/mol. The summed E-state index contributed by atoms with van der Waals surface area (Å²) < 4.78 is 39.9. The van der Waals surface area contributed by atoms with Gasteiger partial charge in [-0.2, -0.15) is 8.42 Å². The summed E-state index contributed by atoms with van der Waals surface area (Å²) >= 11 is 0. The van der Waals surface area contributed by atoms with Crippen molar-refractivity contribution in [3.8, 4) is 28.5 Å². The van der Waals surface area contributed by atoms with Crippen LogP contribution in [0, 0.1) is 0 Å². The number of hydrogen-bond acceptors (Lipinski definition) is 8. The molecular formula is C25H29N3O5S. The van der Waals surface area contributed by atoms with Gasteiger partial charge in [0.2, 0.25) is 0 Å². The van der Waals surface area contributed by atoms with Crippen molar-refractivity contribution in [1.82, 2.24) is 9.88 Å². The number of hydrogen-bond donors (Lipinski definition) is 0. The fourth-order valence-corrected chi connectivity index (χ4v) is 4.57. The predicted octanol–water partition coefficient (Wildman–Crippen LogP) is 3.43. The van der Waals surface area contributed by atoms with Crippen LogP contribution >= 0.6 is 0 Å². The molecule has 0 spiro atoms. The average molecular weight is 484 g/mol. The quantitative estimate of drug-likeness (QED) is 0.451. The molecule has 1 saturated heterocycles. The molecule has 180 valence electrons. The Morgan fingerprint density at radius 3 is 2.15 bits per heavy atom. The van der Waals surface area contributed by atoms with Gasteiger partial charge >= 0.3 is 10.1 Å². The Morgan fingerprint density at radius 2 is 1.47 bits per heavy atom. The Kier molecular flexibility index (Phi) is 7.23. The molecule has 3 aromatic rings. The van der Waals surface area contributed by atoms with Crippen LogP contribution in [-0.2, 0) is 16.7 Å². The molecule has 9 heteroatoms. The maximum atomic E-state index is 11.8. The molecule has 1 aliphatic rings. The molecule has 0 bridgehead atoms. The van der Waals surface area contributed by atoms with E-state index < -0.39 is 10.1 Å². The Labute approximate surface area is 200 Å². The normalized spacial score (nSPS) is 14.6. The molecule has 0 atom stereocenters. The van der Waals surface area contributed by atoms with Crippen molar-refractivity contribution >= 4 is 15.8 Å². The van der Waals surface area contributed by atoms with Gasteiger partial charge in [-0.1, -0.05) is 24.3 Å². The van der Waals surface area contributed by atoms with Gasteiger partial charge in [0, 0.05) is 38.3 Å². The van der Waals surface area contributed by atoms with E-state index in [-0.39, 0.29) is 5.75 Å². The number of pyridine rings is 1. The Morgan fingerprint density at radius 1 is 0.824 bits per heavy atom. The third-order valence-electron chi connectivity index (χ3n) is 5.70. The van der Waals surface area contributed by atoms with Crippen LogP contribution in [0.3, 0.4) is 0 Å². The molecule has 8 nitrogen and oxygen atoms in total. The second-order valence-electron chi connectivity index (χ2n) is 8.07. The van der Waals surface area contributed by atoms with E-state index in [1.54, 1.807) is 20.3 Å². The summed E-state index contributed by atoms with van der Waals surface area (Å²) in [7, 11) is -0.450. The van der Waals surface area contributed by atoms with Crippen molar-refractivity contribution in [2.75, 3.05) is 51.6 Å². The molecule has 0 radical (unpaired) electrons. The van der Waals surface area contributed by atoms with E-state index in [4.69, 9.17) is 18.6 Å². The number of benzene rings is 2. The fourth-order valence-electron chi connectivity index (χ4n) is 4.11. The van der Waals surface area contributed by atoms with E-state index in [2.05, 4.69) is 15.9 Å². The largest absolute Gasteiger partial charge is 0.496 e. The highest BCUT2D eigenvalue weighted by molar-refractivity contribution is 7.86. The van der Waals surface area contributed by atoms with Crippen LogP contribution in [0.15, 0.2) is 60.7 Å². The number of nitrogens with zero attached hydrogens (tertiary/aromatic N) is 3. The van der Waals surface area contributed by atoms with E-state index >= 15 is 0 Å². The lowest BCUT2D eigenvalue weighted by molar-refractivity contribution is 0.246. The number of anilines is 1. The van der Waals surface area contributed by atoms with Crippen LogP contribution in [0.25, 0.3) is 11.3 Å². The lowest BCUT2D eigenvalue weighted by atomic mass is 10.1. The summed E-state index contributed by atoms with van der Waals surface area (Å²) in [5.41, 5.74) is 3.04. The van der Waals surface area contributed by atoms with Gasteiger partial charge in [0.25, 0.3) is 0 Å². The minimum absolute atomic E-state index is 0.178. The topological polar surface area (TPSA) is 81.2 Å². The van der Waals surface area contributed by atoms with Gasteiger partial charge < -0.3 is 18.6 Å². The first-order valence-corrected chi connectivity index (χ1v) is 12.8. The predicted molar refractivity (Wildman–Crippen MR) is 132 cm³/mol. The highest BCUT2D eigenvalue weighted by Crippen LogP contribution is 2.36. The summed E-state index contributed by atoms with van der Waals surface area (Å²) in [6.07, 6.45) is 1.02. The van der Waals surface area contributed by atoms with Crippen LogP contribution in [-0.4, -0.2) is 65.0 Å².